The van der Waals surface area contributed by atoms with Gasteiger partial charge < -0.3 is 10.1 Å². The Balaban J connectivity index is 1.44. The number of hydrogen-bond donors (Lipinski definition) is 1. The van der Waals surface area contributed by atoms with Crippen LogP contribution in [0.3, 0.4) is 0 Å². The molecule has 0 bridgehead atoms. The number of nitrogens with zero attached hydrogens (tertiary/aromatic N) is 1. The molecule has 3 unspecified atom stereocenters. The van der Waals surface area contributed by atoms with E-state index in [-0.39, 0.29) is 5.60 Å². The van der Waals surface area contributed by atoms with Crippen molar-refractivity contribution in [1.82, 2.24) is 10.2 Å². The van der Waals surface area contributed by atoms with Gasteiger partial charge in [0.05, 0.1) is 5.60 Å². The predicted molar refractivity (Wildman–Crippen MR) is 85.5 cm³/mol. The van der Waals surface area contributed by atoms with Crippen molar-refractivity contribution < 1.29 is 4.74 Å². The van der Waals surface area contributed by atoms with Gasteiger partial charge >= 0.3 is 0 Å². The molecule has 0 aromatic carbocycles. The van der Waals surface area contributed by atoms with Crippen LogP contribution in [0.2, 0.25) is 0 Å². The molecule has 4 aliphatic rings. The van der Waals surface area contributed by atoms with Gasteiger partial charge in [-0.1, -0.05) is 19.3 Å². The first kappa shape index (κ1) is 14.5. The highest BCUT2D eigenvalue weighted by atomic mass is 16.5. The molecule has 1 saturated carbocycles. The van der Waals surface area contributed by atoms with Crippen LogP contribution < -0.4 is 5.32 Å². The van der Waals surface area contributed by atoms with Crippen molar-refractivity contribution in [3.05, 3.63) is 0 Å². The van der Waals surface area contributed by atoms with Gasteiger partial charge in [-0.05, 0) is 64.5 Å². The summed E-state index contributed by atoms with van der Waals surface area (Å²) in [6, 6.07) is 2.39. The molecular formula is C18H32N2O. The summed E-state index contributed by atoms with van der Waals surface area (Å²) in [6.45, 7) is 3.59. The van der Waals surface area contributed by atoms with Crippen molar-refractivity contribution in [2.24, 2.45) is 0 Å². The standard InChI is InChI=1S/C18H32N2O/c1-2-9-18(10-3-1)14-15(8-13-21-18)20-12-5-7-17(20)16-6-4-11-19-16/h15-17,19H,1-14H2. The molecule has 4 rings (SSSR count). The summed E-state index contributed by atoms with van der Waals surface area (Å²) in [7, 11) is 0. The van der Waals surface area contributed by atoms with Crippen molar-refractivity contribution in [2.45, 2.75) is 94.4 Å². The zero-order valence-corrected chi connectivity index (χ0v) is 13.5. The number of nitrogens with one attached hydrogen (secondary N) is 1. The topological polar surface area (TPSA) is 24.5 Å². The summed E-state index contributed by atoms with van der Waals surface area (Å²) in [5.41, 5.74) is 0.261. The Morgan fingerprint density at radius 3 is 2.67 bits per heavy atom. The number of likely N-dealkylation sites (tertiary alicyclic amines) is 1. The van der Waals surface area contributed by atoms with Gasteiger partial charge in [0.25, 0.3) is 0 Å². The lowest BCUT2D eigenvalue weighted by Gasteiger charge is -2.47. The van der Waals surface area contributed by atoms with Crippen LogP contribution in [0.25, 0.3) is 0 Å². The summed E-state index contributed by atoms with van der Waals surface area (Å²) in [5, 5.41) is 3.77. The minimum Gasteiger partial charge on any atom is -0.375 e. The van der Waals surface area contributed by atoms with Crippen LogP contribution in [-0.2, 0) is 4.74 Å². The third-order valence-corrected chi connectivity index (χ3v) is 6.61. The Labute approximate surface area is 129 Å². The van der Waals surface area contributed by atoms with Crippen LogP contribution in [0.5, 0.6) is 0 Å². The lowest BCUT2D eigenvalue weighted by atomic mass is 9.77. The fourth-order valence-electron chi connectivity index (χ4n) is 5.57. The Hall–Kier alpha value is -0.120. The third-order valence-electron chi connectivity index (χ3n) is 6.61. The quantitative estimate of drug-likeness (QED) is 0.846. The summed E-state index contributed by atoms with van der Waals surface area (Å²) in [6.07, 6.45) is 15.0. The van der Waals surface area contributed by atoms with E-state index in [4.69, 9.17) is 4.74 Å². The van der Waals surface area contributed by atoms with Gasteiger partial charge in [-0.3, -0.25) is 4.90 Å². The van der Waals surface area contributed by atoms with Gasteiger partial charge in [-0.2, -0.15) is 0 Å². The first-order valence-electron chi connectivity index (χ1n) is 9.49. The molecule has 1 spiro atoms. The van der Waals surface area contributed by atoms with Crippen LogP contribution in [0.1, 0.15) is 70.6 Å². The smallest absolute Gasteiger partial charge is 0.0697 e. The average Bonchev–Trinajstić information content (AvgIpc) is 3.19. The zero-order valence-electron chi connectivity index (χ0n) is 13.5. The van der Waals surface area contributed by atoms with Crippen LogP contribution in [0.4, 0.5) is 0 Å². The Morgan fingerprint density at radius 1 is 0.952 bits per heavy atom. The summed E-state index contributed by atoms with van der Waals surface area (Å²) in [5.74, 6) is 0. The van der Waals surface area contributed by atoms with E-state index in [1.54, 1.807) is 0 Å². The lowest BCUT2D eigenvalue weighted by molar-refractivity contribution is -0.126. The van der Waals surface area contributed by atoms with E-state index in [1.165, 1.54) is 83.7 Å². The van der Waals surface area contributed by atoms with Crippen LogP contribution in [0.15, 0.2) is 0 Å². The first-order valence-corrected chi connectivity index (χ1v) is 9.49. The molecule has 3 heteroatoms. The van der Waals surface area contributed by atoms with E-state index in [0.717, 1.165) is 24.7 Å². The van der Waals surface area contributed by atoms with E-state index in [1.807, 2.05) is 0 Å². The van der Waals surface area contributed by atoms with Crippen LogP contribution in [0, 0.1) is 0 Å². The Bertz CT molecular complexity index is 342. The highest BCUT2D eigenvalue weighted by Crippen LogP contribution is 2.41. The van der Waals surface area contributed by atoms with E-state index in [9.17, 15) is 0 Å². The maximum atomic E-state index is 6.31. The monoisotopic (exact) mass is 292 g/mol. The SMILES string of the molecule is C1CCC2(CC1)CC(N1CCCC1C1CCCN1)CCO2. The molecule has 3 aliphatic heterocycles. The summed E-state index contributed by atoms with van der Waals surface area (Å²) < 4.78 is 6.31. The van der Waals surface area contributed by atoms with Gasteiger partial charge in [0, 0.05) is 24.7 Å². The molecule has 120 valence electrons. The molecular weight excluding hydrogens is 260 g/mol. The molecule has 0 radical (unpaired) electrons. The van der Waals surface area contributed by atoms with Crippen molar-refractivity contribution in [3.63, 3.8) is 0 Å². The van der Waals surface area contributed by atoms with Crippen LogP contribution >= 0.6 is 0 Å². The Morgan fingerprint density at radius 2 is 1.86 bits per heavy atom. The molecule has 3 nitrogen and oxygen atoms in total. The van der Waals surface area contributed by atoms with Crippen LogP contribution in [-0.4, -0.2) is 48.3 Å². The molecule has 3 saturated heterocycles. The normalized spacial score (nSPS) is 40.9. The fourth-order valence-corrected chi connectivity index (χ4v) is 5.57. The average molecular weight is 292 g/mol. The van der Waals surface area contributed by atoms with Gasteiger partial charge in [-0.15, -0.1) is 0 Å². The first-order chi connectivity index (χ1) is 10.4. The largest absolute Gasteiger partial charge is 0.375 e. The number of hydrogen-bond acceptors (Lipinski definition) is 3. The lowest BCUT2D eigenvalue weighted by Crippen LogP contribution is -2.54. The van der Waals surface area contributed by atoms with E-state index in [2.05, 4.69) is 10.2 Å². The molecule has 1 N–H and O–H groups in total. The second kappa shape index (κ2) is 6.17. The molecule has 0 amide bonds. The van der Waals surface area contributed by atoms with Crippen molar-refractivity contribution in [2.75, 3.05) is 19.7 Å². The maximum absolute atomic E-state index is 6.31. The zero-order chi connectivity index (χ0) is 14.1. The second-order valence-electron chi connectivity index (χ2n) is 7.89. The molecule has 0 aromatic heterocycles. The van der Waals surface area contributed by atoms with Crippen molar-refractivity contribution >= 4 is 0 Å². The second-order valence-corrected chi connectivity index (χ2v) is 7.89. The molecule has 0 aromatic rings. The predicted octanol–water partition coefficient (Wildman–Crippen LogP) is 3.08. The fraction of sp³-hybridized carbons (Fsp3) is 1.00. The summed E-state index contributed by atoms with van der Waals surface area (Å²) >= 11 is 0. The minimum atomic E-state index is 0.261. The summed E-state index contributed by atoms with van der Waals surface area (Å²) in [4.78, 5) is 2.89. The maximum Gasteiger partial charge on any atom is 0.0697 e. The van der Waals surface area contributed by atoms with E-state index in [0.29, 0.717) is 0 Å². The van der Waals surface area contributed by atoms with Gasteiger partial charge in [-0.25, -0.2) is 0 Å². The molecule has 1 aliphatic carbocycles. The molecule has 3 atom stereocenters. The van der Waals surface area contributed by atoms with E-state index >= 15 is 0 Å². The highest BCUT2D eigenvalue weighted by Gasteiger charge is 2.44. The number of ether oxygens (including phenoxy) is 1. The van der Waals surface area contributed by atoms with Gasteiger partial charge in [0.15, 0.2) is 0 Å². The van der Waals surface area contributed by atoms with Gasteiger partial charge in [0.2, 0.25) is 0 Å². The molecule has 3 heterocycles. The minimum absolute atomic E-state index is 0.261. The molecule has 4 fully saturated rings. The van der Waals surface area contributed by atoms with Crippen molar-refractivity contribution in [3.8, 4) is 0 Å². The van der Waals surface area contributed by atoms with E-state index < -0.39 is 0 Å². The molecule has 21 heavy (non-hydrogen) atoms. The third kappa shape index (κ3) is 2.89. The number of rotatable bonds is 2. The highest BCUT2D eigenvalue weighted by molar-refractivity contribution is 4.99. The Kier molecular flexibility index (Phi) is 4.25. The van der Waals surface area contributed by atoms with Gasteiger partial charge in [0.1, 0.15) is 0 Å². The van der Waals surface area contributed by atoms with Crippen molar-refractivity contribution in [1.29, 1.82) is 0 Å².